The van der Waals surface area contributed by atoms with Gasteiger partial charge in [0.1, 0.15) is 10.9 Å². The van der Waals surface area contributed by atoms with Crippen LogP contribution in [0.4, 0.5) is 5.69 Å². The summed E-state index contributed by atoms with van der Waals surface area (Å²) in [6.07, 6.45) is 1.49. The van der Waals surface area contributed by atoms with Crippen LogP contribution in [0, 0.1) is 17.2 Å². The molecular weight excluding hydrogens is 265 g/mol. The van der Waals surface area contributed by atoms with Gasteiger partial charge in [-0.1, -0.05) is 35.4 Å². The van der Waals surface area contributed by atoms with Crippen LogP contribution in [0.5, 0.6) is 0 Å². The first-order valence-electron chi connectivity index (χ1n) is 4.36. The van der Waals surface area contributed by atoms with E-state index in [0.717, 1.165) is 0 Å². The van der Waals surface area contributed by atoms with Gasteiger partial charge in [0.2, 0.25) is 0 Å². The Labute approximate surface area is 108 Å². The van der Waals surface area contributed by atoms with E-state index in [1.807, 2.05) is 6.07 Å². The minimum absolute atomic E-state index is 0.423. The van der Waals surface area contributed by atoms with E-state index >= 15 is 0 Å². The van der Waals surface area contributed by atoms with Crippen LogP contribution >= 0.6 is 35.4 Å². The van der Waals surface area contributed by atoms with Crippen molar-refractivity contribution in [3.05, 3.63) is 28.2 Å². The molecule has 1 aliphatic rings. The van der Waals surface area contributed by atoms with Crippen molar-refractivity contribution in [2.75, 3.05) is 5.01 Å². The Hall–Kier alpha value is -1.15. The molecule has 0 amide bonds. The average molecular weight is 270 g/mol. The van der Waals surface area contributed by atoms with Crippen molar-refractivity contribution in [2.45, 2.75) is 0 Å². The summed E-state index contributed by atoms with van der Waals surface area (Å²) in [6.45, 7) is 0. The third-order valence-electron chi connectivity index (χ3n) is 2.08. The molecule has 0 radical (unpaired) electrons. The number of anilines is 1. The molecule has 1 aliphatic heterocycles. The lowest BCUT2D eigenvalue weighted by atomic mass is 10.2. The van der Waals surface area contributed by atoms with E-state index < -0.39 is 5.92 Å². The number of benzene rings is 1. The van der Waals surface area contributed by atoms with Crippen molar-refractivity contribution in [3.8, 4) is 6.07 Å². The highest BCUT2D eigenvalue weighted by atomic mass is 35.5. The normalized spacial score (nSPS) is 18.9. The van der Waals surface area contributed by atoms with Crippen molar-refractivity contribution in [1.29, 1.82) is 5.26 Å². The van der Waals surface area contributed by atoms with Crippen LogP contribution in [-0.2, 0) is 0 Å². The molecule has 1 unspecified atom stereocenters. The van der Waals surface area contributed by atoms with Gasteiger partial charge in [-0.05, 0) is 18.2 Å². The summed E-state index contributed by atoms with van der Waals surface area (Å²) in [6, 6.07) is 7.06. The topological polar surface area (TPSA) is 39.4 Å². The monoisotopic (exact) mass is 269 g/mol. The number of hydrogen-bond acceptors (Lipinski definition) is 3. The highest BCUT2D eigenvalue weighted by molar-refractivity contribution is 7.80. The van der Waals surface area contributed by atoms with Gasteiger partial charge in [-0.15, -0.1) is 0 Å². The molecule has 80 valence electrons. The summed E-state index contributed by atoms with van der Waals surface area (Å²) in [5, 5.41) is 15.3. The van der Waals surface area contributed by atoms with Gasteiger partial charge in [-0.2, -0.15) is 10.4 Å². The Morgan fingerprint density at radius 1 is 1.44 bits per heavy atom. The number of rotatable bonds is 1. The second kappa shape index (κ2) is 4.38. The summed E-state index contributed by atoms with van der Waals surface area (Å²) in [5.74, 6) is -0.471. The quantitative estimate of drug-likeness (QED) is 0.735. The zero-order valence-electron chi connectivity index (χ0n) is 7.89. The zero-order chi connectivity index (χ0) is 11.7. The molecule has 3 nitrogen and oxygen atoms in total. The molecule has 0 bridgehead atoms. The average Bonchev–Trinajstić information content (AvgIpc) is 2.60. The molecule has 1 heterocycles. The van der Waals surface area contributed by atoms with Crippen molar-refractivity contribution in [2.24, 2.45) is 11.0 Å². The molecule has 2 rings (SSSR count). The number of halogens is 2. The SMILES string of the molecule is N#CC1C=NN(c2ccc(Cl)cc2Cl)C1=S. The molecule has 1 aromatic rings. The van der Waals surface area contributed by atoms with Gasteiger partial charge in [-0.25, -0.2) is 5.01 Å². The van der Waals surface area contributed by atoms with E-state index in [0.29, 0.717) is 20.7 Å². The molecule has 0 aromatic heterocycles. The number of hydrazone groups is 1. The third-order valence-corrected chi connectivity index (χ3v) is 3.05. The second-order valence-electron chi connectivity index (χ2n) is 3.12. The van der Waals surface area contributed by atoms with E-state index in [-0.39, 0.29) is 0 Å². The number of thiocarbonyl (C=S) groups is 1. The Morgan fingerprint density at radius 3 is 2.75 bits per heavy atom. The van der Waals surface area contributed by atoms with Crippen LogP contribution in [0.2, 0.25) is 10.0 Å². The summed E-state index contributed by atoms with van der Waals surface area (Å²) in [4.78, 5) is 0.423. The van der Waals surface area contributed by atoms with Crippen molar-refractivity contribution in [3.63, 3.8) is 0 Å². The van der Waals surface area contributed by atoms with Crippen LogP contribution in [0.15, 0.2) is 23.3 Å². The van der Waals surface area contributed by atoms with Gasteiger partial charge in [0.05, 0.1) is 16.8 Å². The molecule has 6 heteroatoms. The molecule has 0 N–H and O–H groups in total. The maximum atomic E-state index is 8.81. The van der Waals surface area contributed by atoms with Crippen LogP contribution in [0.25, 0.3) is 0 Å². The second-order valence-corrected chi connectivity index (χ2v) is 4.38. The van der Waals surface area contributed by atoms with E-state index in [1.165, 1.54) is 11.2 Å². The van der Waals surface area contributed by atoms with Gasteiger partial charge in [0, 0.05) is 11.2 Å². The number of nitrogens with zero attached hydrogens (tertiary/aromatic N) is 3. The fourth-order valence-corrected chi connectivity index (χ4v) is 2.06. The summed E-state index contributed by atoms with van der Waals surface area (Å²) in [7, 11) is 0. The highest BCUT2D eigenvalue weighted by Gasteiger charge is 2.26. The van der Waals surface area contributed by atoms with Crippen molar-refractivity contribution < 1.29 is 0 Å². The standard InChI is InChI=1S/C10H5Cl2N3S/c11-7-1-2-9(8(12)3-7)15-10(16)6(4-13)5-14-15/h1-3,5-6H. The van der Waals surface area contributed by atoms with Crippen LogP contribution in [-0.4, -0.2) is 11.2 Å². The van der Waals surface area contributed by atoms with Crippen LogP contribution in [0.3, 0.4) is 0 Å². The molecular formula is C10H5Cl2N3S. The Morgan fingerprint density at radius 2 is 2.19 bits per heavy atom. The molecule has 0 spiro atoms. The van der Waals surface area contributed by atoms with Gasteiger partial charge in [0.25, 0.3) is 0 Å². The van der Waals surface area contributed by atoms with E-state index in [2.05, 4.69) is 5.10 Å². The van der Waals surface area contributed by atoms with Gasteiger partial charge in [-0.3, -0.25) is 0 Å². The smallest absolute Gasteiger partial charge is 0.136 e. The van der Waals surface area contributed by atoms with Crippen molar-refractivity contribution in [1.82, 2.24) is 0 Å². The van der Waals surface area contributed by atoms with Gasteiger partial charge >= 0.3 is 0 Å². The zero-order valence-corrected chi connectivity index (χ0v) is 10.2. The predicted molar refractivity (Wildman–Crippen MR) is 69.1 cm³/mol. The summed E-state index contributed by atoms with van der Waals surface area (Å²) >= 11 is 16.9. The molecule has 16 heavy (non-hydrogen) atoms. The maximum Gasteiger partial charge on any atom is 0.136 e. The number of nitriles is 1. The third kappa shape index (κ3) is 1.90. The van der Waals surface area contributed by atoms with Crippen LogP contribution in [0.1, 0.15) is 0 Å². The molecule has 0 saturated heterocycles. The van der Waals surface area contributed by atoms with Crippen molar-refractivity contribution >= 4 is 52.3 Å². The minimum atomic E-state index is -0.471. The maximum absolute atomic E-state index is 8.81. The van der Waals surface area contributed by atoms with Gasteiger partial charge < -0.3 is 0 Å². The van der Waals surface area contributed by atoms with Crippen LogP contribution < -0.4 is 5.01 Å². The first kappa shape index (κ1) is 11.3. The molecule has 0 saturated carbocycles. The molecule has 0 aliphatic carbocycles. The number of hydrogen-bond donors (Lipinski definition) is 0. The first-order chi connectivity index (χ1) is 7.63. The highest BCUT2D eigenvalue weighted by Crippen LogP contribution is 2.31. The molecule has 1 aromatic carbocycles. The van der Waals surface area contributed by atoms with Gasteiger partial charge in [0.15, 0.2) is 0 Å². The lowest BCUT2D eigenvalue weighted by Crippen LogP contribution is -2.23. The lowest BCUT2D eigenvalue weighted by molar-refractivity contribution is 1.16. The molecule has 0 fully saturated rings. The first-order valence-corrected chi connectivity index (χ1v) is 5.52. The lowest BCUT2D eigenvalue weighted by Gasteiger charge is -2.16. The molecule has 1 atom stereocenters. The Balaban J connectivity index is 2.37. The van der Waals surface area contributed by atoms with E-state index in [4.69, 9.17) is 40.7 Å². The van der Waals surface area contributed by atoms with E-state index in [9.17, 15) is 0 Å². The Kier molecular flexibility index (Phi) is 3.10. The largest absolute Gasteiger partial charge is 0.224 e. The summed E-state index contributed by atoms with van der Waals surface area (Å²) in [5.41, 5.74) is 0.630. The predicted octanol–water partition coefficient (Wildman–Crippen LogP) is 3.27. The fraction of sp³-hybridized carbons (Fsp3) is 0.100. The van der Waals surface area contributed by atoms with E-state index in [1.54, 1.807) is 18.2 Å². The Bertz CT molecular complexity index is 521. The summed E-state index contributed by atoms with van der Waals surface area (Å²) < 4.78 is 0. The minimum Gasteiger partial charge on any atom is -0.224 e. The fourth-order valence-electron chi connectivity index (χ4n) is 1.31.